The maximum Gasteiger partial charge on any atom is 0.479 e. The molecule has 2 aromatic rings. The van der Waals surface area contributed by atoms with Gasteiger partial charge in [-0.25, -0.2) is 17.8 Å². The lowest BCUT2D eigenvalue weighted by Crippen LogP contribution is -2.45. The molecule has 2 fully saturated rings. The minimum atomic E-state index is -5.49. The van der Waals surface area contributed by atoms with E-state index in [-0.39, 0.29) is 34.9 Å². The summed E-state index contributed by atoms with van der Waals surface area (Å²) < 4.78 is 60.6. The number of hydrogen-bond acceptors (Lipinski definition) is 23. The number of aliphatic hydroxyl groups is 3. The minimum Gasteiger partial charge on any atom is -0.387 e. The van der Waals surface area contributed by atoms with Crippen LogP contribution < -0.4 is 37.3 Å². The van der Waals surface area contributed by atoms with E-state index in [0.29, 0.717) is 0 Å². The van der Waals surface area contributed by atoms with Crippen molar-refractivity contribution in [3.8, 4) is 0 Å². The molecule has 0 aromatic carbocycles. The molecule has 11 atom stereocenters. The summed E-state index contributed by atoms with van der Waals surface area (Å²) in [7, 11) is -3.83. The maximum absolute atomic E-state index is 12.8. The molecule has 27 nitrogen and oxygen atoms in total. The van der Waals surface area contributed by atoms with Crippen LogP contribution in [0.5, 0.6) is 0 Å². The molecular weight excluding hydrogens is 825 g/mol. The van der Waals surface area contributed by atoms with Gasteiger partial charge in [0.2, 0.25) is 11.9 Å². The number of nitrogens with zero attached hydrogens (tertiary/aromatic N) is 6. The zero-order valence-electron chi connectivity index (χ0n) is 29.5. The Morgan fingerprint density at radius 2 is 1.31 bits per heavy atom. The number of anilines is 5. The van der Waals surface area contributed by atoms with Crippen molar-refractivity contribution in [3.05, 3.63) is 20.7 Å². The maximum atomic E-state index is 12.8. The van der Waals surface area contributed by atoms with Gasteiger partial charge in [0, 0.05) is 35.3 Å². The molecule has 2 aliphatic rings. The number of aliphatic imine (C=N–C) groups is 1. The van der Waals surface area contributed by atoms with Gasteiger partial charge in [0.15, 0.2) is 29.8 Å². The fourth-order valence-electron chi connectivity index (χ4n) is 5.49. The number of phosphoric acid groups is 2. The topological polar surface area (TPSA) is 386 Å². The Kier molecular flexibility index (Phi) is 14.0. The normalized spacial score (nSPS) is 28.6. The van der Waals surface area contributed by atoms with E-state index >= 15 is 0 Å². The zero-order chi connectivity index (χ0) is 41.4. The van der Waals surface area contributed by atoms with Crippen molar-refractivity contribution in [1.82, 2.24) is 19.9 Å². The Bertz CT molecular complexity index is 1990. The smallest absolute Gasteiger partial charge is 0.387 e. The van der Waals surface area contributed by atoms with Crippen molar-refractivity contribution in [1.29, 1.82) is 0 Å². The van der Waals surface area contributed by atoms with E-state index in [4.69, 9.17) is 34.7 Å². The highest BCUT2D eigenvalue weighted by Gasteiger charge is 2.50. The molecule has 4 rings (SSSR count). The molecule has 0 radical (unpaired) electrons. The van der Waals surface area contributed by atoms with Gasteiger partial charge in [-0.2, -0.15) is 9.97 Å². The molecule has 0 bridgehead atoms. The molecule has 2 saturated heterocycles. The van der Waals surface area contributed by atoms with E-state index in [1.807, 2.05) is 0 Å². The van der Waals surface area contributed by atoms with E-state index in [1.54, 1.807) is 14.1 Å². The number of methoxy groups -OCH3 is 1. The van der Waals surface area contributed by atoms with Crippen LogP contribution in [0.2, 0.25) is 0 Å². The number of rotatable bonds is 17. The molecule has 0 aliphatic carbocycles. The quantitative estimate of drug-likeness (QED) is 0.0560. The summed E-state index contributed by atoms with van der Waals surface area (Å²) in [6, 6.07) is 0. The lowest BCUT2D eigenvalue weighted by molar-refractivity contribution is -0.0219. The van der Waals surface area contributed by atoms with Gasteiger partial charge in [-0.3, -0.25) is 33.6 Å². The second-order valence-corrected chi connectivity index (χ2v) is 18.0. The molecule has 0 amide bonds. The predicted molar refractivity (Wildman–Crippen MR) is 195 cm³/mol. The Balaban J connectivity index is 1.36. The van der Waals surface area contributed by atoms with Crippen LogP contribution >= 0.6 is 22.4 Å². The molecule has 0 spiro atoms. The molecule has 31 heteroatoms. The summed E-state index contributed by atoms with van der Waals surface area (Å²) in [4.78, 5) is 75.8. The van der Waals surface area contributed by atoms with Crippen LogP contribution in [-0.4, -0.2) is 154 Å². The summed E-state index contributed by atoms with van der Waals surface area (Å²) in [5.74, 6) is -0.722. The average Bonchev–Trinajstić information content (AvgIpc) is 3.54. The van der Waals surface area contributed by atoms with Gasteiger partial charge in [-0.15, -0.1) is 0 Å². The fraction of sp³-hybridized carbons (Fsp3) is 0.625. The van der Waals surface area contributed by atoms with Crippen LogP contribution in [0, 0.1) is 0 Å². The Morgan fingerprint density at radius 3 is 1.82 bits per heavy atom. The van der Waals surface area contributed by atoms with Crippen LogP contribution in [0.4, 0.5) is 34.9 Å². The van der Waals surface area contributed by atoms with Gasteiger partial charge < -0.3 is 70.4 Å². The number of aromatic nitrogens is 4. The van der Waals surface area contributed by atoms with Gasteiger partial charge in [0.25, 0.3) is 11.1 Å². The van der Waals surface area contributed by atoms with Crippen LogP contribution in [0.25, 0.3) is 0 Å². The molecule has 2 aromatic heterocycles. The van der Waals surface area contributed by atoms with Crippen LogP contribution in [0.1, 0.15) is 0 Å². The Morgan fingerprint density at radius 1 is 0.836 bits per heavy atom. The number of nitrogens with one attached hydrogen (secondary N) is 2. The highest BCUT2D eigenvalue weighted by atomic mass is 32.5. The van der Waals surface area contributed by atoms with Gasteiger partial charge >= 0.3 is 22.4 Å². The number of hydrogen-bond donors (Lipinski definition) is 10. The SMILES string of the molecule is C=Nc1c(N(C)C2OC(COP(=O)(O)OP(O)(=S)OP(=O)(O)OCC3OC(N(C)c4nc(N)[nH]c(=O)c4N(C)C)C(OC)C3O)C(O)C2O)nc(N)[nH]c1=O. The number of likely N-dealkylation sites (N-methyl/N-ethyl adjacent to an activating group) is 2. The third kappa shape index (κ3) is 10.3. The molecule has 11 unspecified atom stereocenters. The van der Waals surface area contributed by atoms with E-state index in [0.717, 1.165) is 4.90 Å². The highest BCUT2D eigenvalue weighted by Crippen LogP contribution is 2.68. The Hall–Kier alpha value is -2.98. The highest BCUT2D eigenvalue weighted by molar-refractivity contribution is 8.09. The average molecular weight is 867 g/mol. The molecule has 2 aliphatic heterocycles. The first-order valence-corrected chi connectivity index (χ1v) is 21.0. The van der Waals surface area contributed by atoms with Gasteiger partial charge in [0.1, 0.15) is 42.3 Å². The number of aromatic amines is 2. The van der Waals surface area contributed by atoms with Crippen molar-refractivity contribution in [2.75, 3.05) is 74.7 Å². The number of phosphoric ester groups is 2. The van der Waals surface area contributed by atoms with Gasteiger partial charge in [0.05, 0.1) is 13.2 Å². The molecular formula is C24H41N10O17P3S. The first-order valence-electron chi connectivity index (χ1n) is 15.4. The second kappa shape index (κ2) is 17.3. The van der Waals surface area contributed by atoms with E-state index in [1.165, 1.54) is 31.0 Å². The van der Waals surface area contributed by atoms with Gasteiger partial charge in [-0.1, -0.05) is 0 Å². The second-order valence-electron chi connectivity index (χ2n) is 12.0. The van der Waals surface area contributed by atoms with Crippen LogP contribution in [0.3, 0.4) is 0 Å². The number of nitrogens with two attached hydrogens (primary N) is 2. The predicted octanol–water partition coefficient (Wildman–Crippen LogP) is -2.98. The summed E-state index contributed by atoms with van der Waals surface area (Å²) in [6.45, 7) is -3.80. The molecule has 4 heterocycles. The van der Waals surface area contributed by atoms with Crippen molar-refractivity contribution >= 4 is 75.8 Å². The molecule has 55 heavy (non-hydrogen) atoms. The third-order valence-corrected chi connectivity index (χ3v) is 13.4. The third-order valence-electron chi connectivity index (χ3n) is 7.97. The monoisotopic (exact) mass is 866 g/mol. The van der Waals surface area contributed by atoms with E-state index in [9.17, 15) is 48.7 Å². The first kappa shape index (κ1) is 44.7. The van der Waals surface area contributed by atoms with E-state index in [2.05, 4.69) is 52.1 Å². The number of H-pyrrole nitrogens is 2. The lowest BCUT2D eigenvalue weighted by atomic mass is 10.1. The molecule has 0 saturated carbocycles. The minimum absolute atomic E-state index is 0.0295. The lowest BCUT2D eigenvalue weighted by Gasteiger charge is -2.31. The van der Waals surface area contributed by atoms with Crippen molar-refractivity contribution in [2.45, 2.75) is 49.1 Å². The van der Waals surface area contributed by atoms with Crippen molar-refractivity contribution in [3.63, 3.8) is 0 Å². The largest absolute Gasteiger partial charge is 0.479 e. The summed E-state index contributed by atoms with van der Waals surface area (Å²) in [5, 5.41) is 32.0. The summed E-state index contributed by atoms with van der Waals surface area (Å²) in [6.07, 6.45) is -11.8. The van der Waals surface area contributed by atoms with Gasteiger partial charge in [-0.05, 0) is 18.5 Å². The number of aliphatic hydroxyl groups excluding tert-OH is 3. The molecule has 310 valence electrons. The van der Waals surface area contributed by atoms with Crippen molar-refractivity contribution in [2.24, 2.45) is 4.99 Å². The zero-order valence-corrected chi connectivity index (χ0v) is 33.0. The molecule has 12 N–H and O–H groups in total. The first-order chi connectivity index (χ1) is 25.4. The van der Waals surface area contributed by atoms with Crippen LogP contribution in [-0.2, 0) is 52.8 Å². The van der Waals surface area contributed by atoms with Crippen LogP contribution in [0.15, 0.2) is 14.6 Å². The summed E-state index contributed by atoms with van der Waals surface area (Å²) in [5.41, 5.74) is 9.73. The Labute approximate surface area is 315 Å². The van der Waals surface area contributed by atoms with E-state index < -0.39 is 95.8 Å². The standard InChI is InChI=1S/C24H41N10O17P3S/c1-27-11-17(28-23(25)30-19(11)38)33(4)21-15(37)13(35)9(48-21)7-46-52(40,41)50-54(44,55)51-53(42,43)47-8-10-14(36)16(45-6)22(49-10)34(5)18-12(32(2)3)20(39)31-24(26)29-18/h9-10,13-16,21-22,35-37H,1,7-8H2,2-6H3,(H,40,41)(H,42,43)(H,44,55)(H3,25,28,30,38)(H3,26,29,31,39). The summed E-state index contributed by atoms with van der Waals surface area (Å²) >= 11 is 4.61. The number of nitrogen functional groups attached to an aromatic ring is 2. The number of ether oxygens (including phenoxy) is 3. The fourth-order valence-corrected chi connectivity index (χ4v) is 10.5. The van der Waals surface area contributed by atoms with Crippen molar-refractivity contribution < 1.29 is 71.0 Å².